The van der Waals surface area contributed by atoms with E-state index in [9.17, 15) is 27.9 Å². The molecule has 2 N–H and O–H groups in total. The number of halogens is 6. The van der Waals surface area contributed by atoms with Gasteiger partial charge < -0.3 is 9.84 Å². The lowest BCUT2D eigenvalue weighted by atomic mass is 10.1. The molecule has 190 valence electrons. The number of hydrogen-bond donors (Lipinski definition) is 2. The highest BCUT2D eigenvalue weighted by Gasteiger charge is 2.39. The third-order valence-electron chi connectivity index (χ3n) is 5.25. The number of ether oxygens (including phenoxy) is 1. The first-order valence-corrected chi connectivity index (χ1v) is 12.1. The van der Waals surface area contributed by atoms with Crippen molar-refractivity contribution in [2.75, 3.05) is 0 Å². The van der Waals surface area contributed by atoms with Gasteiger partial charge in [0.05, 0.1) is 11.9 Å². The van der Waals surface area contributed by atoms with Crippen LogP contribution in [0.3, 0.4) is 0 Å². The SMILES string of the molecule is Cc1c(-c2cnc(OCc3ccc(Cl)cc3Cl)c(Cl)c2)sc2c1c(=O)[nH]c(=O)n2C[C@@H](O)C(F)(F)F. The molecule has 4 aromatic rings. The summed E-state index contributed by atoms with van der Waals surface area (Å²) in [5, 5.41) is 10.5. The van der Waals surface area contributed by atoms with Crippen molar-refractivity contribution in [1.29, 1.82) is 0 Å². The van der Waals surface area contributed by atoms with Gasteiger partial charge in [0.15, 0.2) is 6.10 Å². The van der Waals surface area contributed by atoms with Crippen molar-refractivity contribution in [2.24, 2.45) is 0 Å². The van der Waals surface area contributed by atoms with Gasteiger partial charge in [-0.2, -0.15) is 13.2 Å². The second-order valence-corrected chi connectivity index (χ2v) is 9.95. The fraction of sp³-hybridized carbons (Fsp3) is 0.227. The van der Waals surface area contributed by atoms with Gasteiger partial charge in [0.25, 0.3) is 5.56 Å². The number of aryl methyl sites for hydroxylation is 1. The second kappa shape index (κ2) is 10.1. The molecule has 3 aromatic heterocycles. The number of aromatic amines is 1. The Bertz CT molecular complexity index is 1580. The predicted molar refractivity (Wildman–Crippen MR) is 133 cm³/mol. The molecule has 0 radical (unpaired) electrons. The third-order valence-corrected chi connectivity index (χ3v) is 7.47. The Kier molecular flexibility index (Phi) is 7.40. The monoisotopic (exact) mass is 579 g/mol. The predicted octanol–water partition coefficient (Wildman–Crippen LogP) is 5.58. The third kappa shape index (κ3) is 5.25. The number of pyridine rings is 1. The number of benzene rings is 1. The average Bonchev–Trinajstić information content (AvgIpc) is 3.13. The molecule has 0 unspecified atom stereocenters. The highest BCUT2D eigenvalue weighted by molar-refractivity contribution is 7.22. The lowest BCUT2D eigenvalue weighted by molar-refractivity contribution is -0.207. The van der Waals surface area contributed by atoms with Crippen molar-refractivity contribution >= 4 is 56.4 Å². The van der Waals surface area contributed by atoms with Gasteiger partial charge in [0.2, 0.25) is 5.88 Å². The van der Waals surface area contributed by atoms with Gasteiger partial charge in [-0.3, -0.25) is 14.3 Å². The molecule has 0 amide bonds. The summed E-state index contributed by atoms with van der Waals surface area (Å²) in [6, 6.07) is 6.44. The molecule has 0 spiro atoms. The first kappa shape index (κ1) is 26.5. The van der Waals surface area contributed by atoms with Crippen LogP contribution in [0.25, 0.3) is 20.7 Å². The quantitative estimate of drug-likeness (QED) is 0.310. The van der Waals surface area contributed by atoms with E-state index in [2.05, 4.69) is 4.98 Å². The number of aliphatic hydroxyl groups excluding tert-OH is 1. The van der Waals surface area contributed by atoms with E-state index in [0.717, 1.165) is 11.3 Å². The lowest BCUT2D eigenvalue weighted by Crippen LogP contribution is -2.38. The average molecular weight is 581 g/mol. The normalized spacial score (nSPS) is 12.8. The largest absolute Gasteiger partial charge is 0.472 e. The summed E-state index contributed by atoms with van der Waals surface area (Å²) in [6.07, 6.45) is -6.32. The number of aromatic nitrogens is 3. The van der Waals surface area contributed by atoms with Gasteiger partial charge in [0.1, 0.15) is 16.5 Å². The number of hydrogen-bond acceptors (Lipinski definition) is 6. The van der Waals surface area contributed by atoms with Gasteiger partial charge in [-0.25, -0.2) is 9.78 Å². The van der Waals surface area contributed by atoms with Crippen LogP contribution in [-0.4, -0.2) is 31.9 Å². The molecule has 3 heterocycles. The smallest absolute Gasteiger partial charge is 0.416 e. The Morgan fingerprint density at radius 2 is 1.92 bits per heavy atom. The molecule has 1 aromatic carbocycles. The van der Waals surface area contributed by atoms with Gasteiger partial charge in [-0.1, -0.05) is 40.9 Å². The van der Waals surface area contributed by atoms with Crippen molar-refractivity contribution in [2.45, 2.75) is 32.4 Å². The fourth-order valence-electron chi connectivity index (χ4n) is 3.43. The van der Waals surface area contributed by atoms with Crippen LogP contribution in [0.5, 0.6) is 5.88 Å². The van der Waals surface area contributed by atoms with E-state index in [-0.39, 0.29) is 27.7 Å². The van der Waals surface area contributed by atoms with Crippen molar-refractivity contribution in [1.82, 2.24) is 14.5 Å². The number of nitrogens with zero attached hydrogens (tertiary/aromatic N) is 2. The van der Waals surface area contributed by atoms with E-state index >= 15 is 0 Å². The Morgan fingerprint density at radius 3 is 2.56 bits per heavy atom. The Balaban J connectivity index is 1.70. The molecule has 0 aliphatic carbocycles. The van der Waals surface area contributed by atoms with Crippen LogP contribution in [0.4, 0.5) is 13.2 Å². The van der Waals surface area contributed by atoms with Crippen molar-refractivity contribution in [3.8, 4) is 16.3 Å². The summed E-state index contributed by atoms with van der Waals surface area (Å²) in [7, 11) is 0. The molecule has 0 saturated heterocycles. The molecular weight excluding hydrogens is 566 g/mol. The zero-order valence-corrected chi connectivity index (χ0v) is 21.2. The minimum absolute atomic E-state index is 0.0200. The first-order chi connectivity index (χ1) is 16.9. The molecule has 14 heteroatoms. The fourth-order valence-corrected chi connectivity index (χ4v) is 5.41. The Morgan fingerprint density at radius 1 is 1.19 bits per heavy atom. The maximum atomic E-state index is 12.9. The number of thiophene rings is 1. The van der Waals surface area contributed by atoms with E-state index in [0.29, 0.717) is 36.2 Å². The summed E-state index contributed by atoms with van der Waals surface area (Å²) < 4.78 is 45.1. The van der Waals surface area contributed by atoms with Gasteiger partial charge in [0, 0.05) is 32.2 Å². The second-order valence-electron chi connectivity index (χ2n) is 7.70. The van der Waals surface area contributed by atoms with E-state index < -0.39 is 30.1 Å². The minimum atomic E-state index is -4.94. The molecule has 0 bridgehead atoms. The molecule has 1 atom stereocenters. The zero-order valence-electron chi connectivity index (χ0n) is 18.1. The summed E-state index contributed by atoms with van der Waals surface area (Å²) in [5.74, 6) is 0.105. The van der Waals surface area contributed by atoms with Crippen LogP contribution in [0.2, 0.25) is 15.1 Å². The number of H-pyrrole nitrogens is 1. The maximum absolute atomic E-state index is 12.9. The van der Waals surface area contributed by atoms with E-state index in [1.54, 1.807) is 25.1 Å². The molecule has 0 aliphatic heterocycles. The number of alkyl halides is 3. The summed E-state index contributed by atoms with van der Waals surface area (Å²) in [4.78, 5) is 31.4. The highest BCUT2D eigenvalue weighted by atomic mass is 35.5. The number of fused-ring (bicyclic) bond motifs is 1. The van der Waals surface area contributed by atoms with Crippen molar-refractivity contribution < 1.29 is 23.0 Å². The molecule has 4 rings (SSSR count). The molecule has 0 aliphatic rings. The zero-order chi connectivity index (χ0) is 26.4. The van der Waals surface area contributed by atoms with Gasteiger partial charge in [-0.15, -0.1) is 11.3 Å². The topological polar surface area (TPSA) is 97.2 Å². The Labute approximate surface area is 219 Å². The molecule has 0 saturated carbocycles. The molecule has 0 fully saturated rings. The van der Waals surface area contributed by atoms with Crippen molar-refractivity contribution in [3.05, 3.63) is 77.5 Å². The Hall–Kier alpha value is -2.57. The highest BCUT2D eigenvalue weighted by Crippen LogP contribution is 2.38. The number of aliphatic hydroxyl groups is 1. The molecule has 36 heavy (non-hydrogen) atoms. The van der Waals surface area contributed by atoms with Crippen LogP contribution in [-0.2, 0) is 13.2 Å². The van der Waals surface area contributed by atoms with Crippen LogP contribution in [0.1, 0.15) is 11.1 Å². The maximum Gasteiger partial charge on any atom is 0.416 e. The summed E-state index contributed by atoms with van der Waals surface area (Å²) in [5.41, 5.74) is -0.311. The summed E-state index contributed by atoms with van der Waals surface area (Å²) >= 11 is 19.3. The van der Waals surface area contributed by atoms with Crippen molar-refractivity contribution in [3.63, 3.8) is 0 Å². The number of rotatable bonds is 6. The van der Waals surface area contributed by atoms with Gasteiger partial charge in [-0.05, 0) is 30.7 Å². The van der Waals surface area contributed by atoms with Crippen LogP contribution < -0.4 is 16.0 Å². The van der Waals surface area contributed by atoms with Crippen LogP contribution >= 0.6 is 46.1 Å². The van der Waals surface area contributed by atoms with E-state index in [1.807, 2.05) is 4.98 Å². The number of nitrogens with one attached hydrogen (secondary N) is 1. The van der Waals surface area contributed by atoms with Crippen LogP contribution in [0, 0.1) is 6.92 Å². The standard InChI is InChI=1S/C22H15Cl3F3N3O4S/c1-9-16-18(33)30-21(34)31(7-15(32)22(26,27)28)20(16)36-17(9)11-4-14(25)19(29-6-11)35-8-10-2-3-12(23)5-13(10)24/h2-6,15,32H,7-8H2,1H3,(H,30,33,34)/t15-/m1/s1. The molecular formula is C22H15Cl3F3N3O4S. The van der Waals surface area contributed by atoms with E-state index in [1.165, 1.54) is 12.3 Å². The van der Waals surface area contributed by atoms with Gasteiger partial charge >= 0.3 is 11.9 Å². The van der Waals surface area contributed by atoms with Crippen LogP contribution in [0.15, 0.2) is 40.1 Å². The van der Waals surface area contributed by atoms with E-state index in [4.69, 9.17) is 39.5 Å². The minimum Gasteiger partial charge on any atom is -0.472 e. The lowest BCUT2D eigenvalue weighted by Gasteiger charge is -2.15. The first-order valence-electron chi connectivity index (χ1n) is 10.1. The molecule has 7 nitrogen and oxygen atoms in total. The summed E-state index contributed by atoms with van der Waals surface area (Å²) in [6.45, 7) is 0.570.